The monoisotopic (exact) mass is 269 g/mol. The molecule has 3 nitrogen and oxygen atoms in total. The number of H-pyrrole nitrogens is 1. The van der Waals surface area contributed by atoms with Crippen molar-refractivity contribution in [3.63, 3.8) is 0 Å². The zero-order valence-electron chi connectivity index (χ0n) is 9.37. The van der Waals surface area contributed by atoms with E-state index in [4.69, 9.17) is 28.9 Å². The van der Waals surface area contributed by atoms with Gasteiger partial charge in [-0.1, -0.05) is 23.2 Å². The van der Waals surface area contributed by atoms with E-state index >= 15 is 0 Å². The van der Waals surface area contributed by atoms with E-state index in [-0.39, 0.29) is 6.04 Å². The number of aromatic amines is 1. The number of nitrogens with one attached hydrogen (secondary N) is 1. The van der Waals surface area contributed by atoms with Gasteiger partial charge in [-0.3, -0.25) is 5.10 Å². The molecular weight excluding hydrogens is 257 g/mol. The lowest BCUT2D eigenvalue weighted by molar-refractivity contribution is 0.719. The maximum Gasteiger partial charge on any atom is 0.0938 e. The molecule has 0 saturated carbocycles. The Kier molecular flexibility index (Phi) is 3.72. The van der Waals surface area contributed by atoms with Crippen molar-refractivity contribution in [2.45, 2.75) is 19.4 Å². The summed E-state index contributed by atoms with van der Waals surface area (Å²) in [5.74, 6) is 0. The van der Waals surface area contributed by atoms with Gasteiger partial charge in [-0.25, -0.2) is 0 Å². The van der Waals surface area contributed by atoms with Crippen LogP contribution in [0.4, 0.5) is 0 Å². The van der Waals surface area contributed by atoms with E-state index in [2.05, 4.69) is 10.2 Å². The van der Waals surface area contributed by atoms with Crippen molar-refractivity contribution < 1.29 is 0 Å². The zero-order valence-corrected chi connectivity index (χ0v) is 10.9. The highest BCUT2D eigenvalue weighted by Crippen LogP contribution is 2.29. The van der Waals surface area contributed by atoms with Crippen molar-refractivity contribution in [2.75, 3.05) is 0 Å². The molecular formula is C12H13Cl2N3. The van der Waals surface area contributed by atoms with Crippen LogP contribution in [0.3, 0.4) is 0 Å². The molecule has 0 fully saturated rings. The standard InChI is InChI=1S/C12H13Cl2N3/c1-7(15)4-9-6-12(17-16-9)10-3-2-8(13)5-11(10)14/h2-3,5-7H,4,15H2,1H3,(H,16,17). The maximum absolute atomic E-state index is 6.12. The fraction of sp³-hybridized carbons (Fsp3) is 0.250. The number of aromatic nitrogens is 2. The van der Waals surface area contributed by atoms with Gasteiger partial charge in [0.15, 0.2) is 0 Å². The van der Waals surface area contributed by atoms with Crippen molar-refractivity contribution in [1.82, 2.24) is 10.2 Å². The van der Waals surface area contributed by atoms with Crippen LogP contribution < -0.4 is 5.73 Å². The molecule has 17 heavy (non-hydrogen) atoms. The summed E-state index contributed by atoms with van der Waals surface area (Å²) in [7, 11) is 0. The third-order valence-electron chi connectivity index (χ3n) is 2.38. The van der Waals surface area contributed by atoms with Crippen molar-refractivity contribution >= 4 is 23.2 Å². The van der Waals surface area contributed by atoms with E-state index in [1.54, 1.807) is 12.1 Å². The molecule has 0 aliphatic heterocycles. The van der Waals surface area contributed by atoms with Crippen molar-refractivity contribution in [2.24, 2.45) is 5.73 Å². The molecule has 2 aromatic rings. The van der Waals surface area contributed by atoms with Crippen LogP contribution in [0.5, 0.6) is 0 Å². The molecule has 0 bridgehead atoms. The quantitative estimate of drug-likeness (QED) is 0.899. The number of nitrogens with zero attached hydrogens (tertiary/aromatic N) is 1. The first-order chi connectivity index (χ1) is 8.06. The molecule has 1 aromatic heterocycles. The highest BCUT2D eigenvalue weighted by atomic mass is 35.5. The second-order valence-electron chi connectivity index (χ2n) is 4.08. The predicted octanol–water partition coefficient (Wildman–Crippen LogP) is 3.27. The molecule has 0 spiro atoms. The number of rotatable bonds is 3. The van der Waals surface area contributed by atoms with Gasteiger partial charge in [-0.15, -0.1) is 0 Å². The molecule has 2 rings (SSSR count). The Bertz CT molecular complexity index is 520. The third-order valence-corrected chi connectivity index (χ3v) is 2.93. The van der Waals surface area contributed by atoms with E-state index in [1.807, 2.05) is 19.1 Å². The minimum atomic E-state index is 0.101. The van der Waals surface area contributed by atoms with Gasteiger partial charge in [-0.2, -0.15) is 5.10 Å². The number of halogens is 2. The van der Waals surface area contributed by atoms with Crippen LogP contribution in [0.2, 0.25) is 10.0 Å². The number of nitrogens with two attached hydrogens (primary N) is 1. The first-order valence-corrected chi connectivity index (χ1v) is 6.07. The lowest BCUT2D eigenvalue weighted by Crippen LogP contribution is -2.17. The minimum Gasteiger partial charge on any atom is -0.328 e. The van der Waals surface area contributed by atoms with E-state index in [0.29, 0.717) is 10.0 Å². The fourth-order valence-corrected chi connectivity index (χ4v) is 2.15. The summed E-state index contributed by atoms with van der Waals surface area (Å²) in [6.07, 6.45) is 0.762. The molecule has 0 radical (unpaired) electrons. The van der Waals surface area contributed by atoms with Gasteiger partial charge in [-0.05, 0) is 31.2 Å². The Morgan fingerprint density at radius 3 is 2.76 bits per heavy atom. The predicted molar refractivity (Wildman–Crippen MR) is 71.4 cm³/mol. The SMILES string of the molecule is CC(N)Cc1cc(-c2ccc(Cl)cc2Cl)n[nH]1. The van der Waals surface area contributed by atoms with Crippen LogP contribution in [0.15, 0.2) is 24.3 Å². The Hall–Kier alpha value is -1.03. The molecule has 0 aliphatic rings. The van der Waals surface area contributed by atoms with Gasteiger partial charge in [0.1, 0.15) is 0 Å². The lowest BCUT2D eigenvalue weighted by atomic mass is 10.1. The molecule has 1 unspecified atom stereocenters. The topological polar surface area (TPSA) is 54.7 Å². The van der Waals surface area contributed by atoms with Crippen molar-refractivity contribution in [1.29, 1.82) is 0 Å². The van der Waals surface area contributed by atoms with Crippen molar-refractivity contribution in [3.05, 3.63) is 40.0 Å². The molecule has 0 amide bonds. The second kappa shape index (κ2) is 5.08. The number of hydrogen-bond acceptors (Lipinski definition) is 2. The summed E-state index contributed by atoms with van der Waals surface area (Å²) in [6.45, 7) is 1.95. The average Bonchev–Trinajstić information content (AvgIpc) is 2.65. The molecule has 90 valence electrons. The first kappa shape index (κ1) is 12.4. The summed E-state index contributed by atoms with van der Waals surface area (Å²) in [4.78, 5) is 0. The highest BCUT2D eigenvalue weighted by Gasteiger charge is 2.09. The van der Waals surface area contributed by atoms with Gasteiger partial charge in [0.25, 0.3) is 0 Å². The summed E-state index contributed by atoms with van der Waals surface area (Å²) in [5.41, 5.74) is 8.40. The van der Waals surface area contributed by atoms with Crippen LogP contribution in [-0.2, 0) is 6.42 Å². The number of benzene rings is 1. The van der Waals surface area contributed by atoms with Gasteiger partial charge < -0.3 is 5.73 Å². The second-order valence-corrected chi connectivity index (χ2v) is 4.93. The van der Waals surface area contributed by atoms with E-state index in [9.17, 15) is 0 Å². The molecule has 1 atom stereocenters. The van der Waals surface area contributed by atoms with Crippen LogP contribution in [0.1, 0.15) is 12.6 Å². The summed E-state index contributed by atoms with van der Waals surface area (Å²) in [6, 6.07) is 7.42. The maximum atomic E-state index is 6.12. The van der Waals surface area contributed by atoms with E-state index in [0.717, 1.165) is 23.4 Å². The molecule has 1 aromatic carbocycles. The molecule has 0 aliphatic carbocycles. The van der Waals surface area contributed by atoms with E-state index < -0.39 is 0 Å². The Balaban J connectivity index is 2.30. The van der Waals surface area contributed by atoms with Crippen molar-refractivity contribution in [3.8, 4) is 11.3 Å². The largest absolute Gasteiger partial charge is 0.328 e. The Morgan fingerprint density at radius 2 is 2.12 bits per heavy atom. The zero-order chi connectivity index (χ0) is 12.4. The average molecular weight is 270 g/mol. The first-order valence-electron chi connectivity index (χ1n) is 5.31. The van der Waals surface area contributed by atoms with Crippen LogP contribution in [-0.4, -0.2) is 16.2 Å². The fourth-order valence-electron chi connectivity index (χ4n) is 1.65. The smallest absolute Gasteiger partial charge is 0.0938 e. The Morgan fingerprint density at radius 1 is 1.35 bits per heavy atom. The summed E-state index contributed by atoms with van der Waals surface area (Å²) >= 11 is 12.0. The third kappa shape index (κ3) is 3.00. The Labute approximate surface area is 110 Å². The number of hydrogen-bond donors (Lipinski definition) is 2. The van der Waals surface area contributed by atoms with Gasteiger partial charge in [0.2, 0.25) is 0 Å². The lowest BCUT2D eigenvalue weighted by Gasteiger charge is -2.01. The molecule has 5 heteroatoms. The minimum absolute atomic E-state index is 0.101. The molecule has 1 heterocycles. The van der Waals surface area contributed by atoms with Gasteiger partial charge in [0, 0.05) is 28.7 Å². The van der Waals surface area contributed by atoms with E-state index in [1.165, 1.54) is 0 Å². The van der Waals surface area contributed by atoms with Gasteiger partial charge >= 0.3 is 0 Å². The van der Waals surface area contributed by atoms with Crippen LogP contribution >= 0.6 is 23.2 Å². The van der Waals surface area contributed by atoms with Crippen LogP contribution in [0.25, 0.3) is 11.3 Å². The molecule has 0 saturated heterocycles. The summed E-state index contributed by atoms with van der Waals surface area (Å²) < 4.78 is 0. The highest BCUT2D eigenvalue weighted by molar-refractivity contribution is 6.36. The molecule has 3 N–H and O–H groups in total. The van der Waals surface area contributed by atoms with Gasteiger partial charge in [0.05, 0.1) is 10.7 Å². The summed E-state index contributed by atoms with van der Waals surface area (Å²) in [5, 5.41) is 8.39. The normalized spacial score (nSPS) is 12.7. The van der Waals surface area contributed by atoms with Crippen LogP contribution in [0, 0.1) is 0 Å².